The average Bonchev–Trinajstić information content (AvgIpc) is 2.64. The Hall–Kier alpha value is -2.34. The number of rotatable bonds is 3. The van der Waals surface area contributed by atoms with Gasteiger partial charge in [0, 0.05) is 49.7 Å². The van der Waals surface area contributed by atoms with E-state index >= 15 is 0 Å². The maximum absolute atomic E-state index is 10.7. The molecule has 2 aromatic heterocycles. The normalized spacial score (nSPS) is 11.2. The third-order valence-corrected chi connectivity index (χ3v) is 3.21. The molecule has 2 aromatic rings. The van der Waals surface area contributed by atoms with Crippen LogP contribution in [0.4, 0.5) is 0 Å². The van der Waals surface area contributed by atoms with E-state index in [0.717, 1.165) is 26.2 Å². The molecule has 0 atom stereocenters. The maximum atomic E-state index is 10.7. The maximum Gasteiger partial charge on any atom is 2.00 e. The summed E-state index contributed by atoms with van der Waals surface area (Å²) < 4.78 is 0. The van der Waals surface area contributed by atoms with Gasteiger partial charge in [0.1, 0.15) is 0 Å². The van der Waals surface area contributed by atoms with Crippen molar-refractivity contribution in [3.05, 3.63) is 47.8 Å². The van der Waals surface area contributed by atoms with E-state index in [1.807, 2.05) is 0 Å². The van der Waals surface area contributed by atoms with E-state index < -0.39 is 11.9 Å². The van der Waals surface area contributed by atoms with Gasteiger partial charge in [0.25, 0.3) is 0 Å². The predicted molar refractivity (Wildman–Crippen MR) is 96.3 cm³/mol. The number of nitrogens with zero attached hydrogens (tertiary/aromatic N) is 2. The molecule has 12 nitrogen and oxygen atoms in total. The van der Waals surface area contributed by atoms with Crippen molar-refractivity contribution in [1.29, 1.82) is 0 Å². The molecule has 0 saturated carbocycles. The molecule has 3 rings (SSSR count). The van der Waals surface area contributed by atoms with E-state index in [-0.39, 0.29) is 64.8 Å². The molecule has 0 radical (unpaired) electrons. The van der Waals surface area contributed by atoms with Crippen LogP contribution in [0.2, 0.25) is 0 Å². The zero-order valence-corrected chi connectivity index (χ0v) is 16.7. The van der Waals surface area contributed by atoms with E-state index in [1.165, 1.54) is 36.7 Å². The Kier molecular flexibility index (Phi) is 20.9. The Labute approximate surface area is 180 Å². The molecule has 3 heterocycles. The minimum Gasteiger partial charge on any atom is -0.545 e. The van der Waals surface area contributed by atoms with Crippen LogP contribution in [0.25, 0.3) is 11.4 Å². The zero-order valence-electron chi connectivity index (χ0n) is 15.1. The minimum atomic E-state index is -1.34. The summed E-state index contributed by atoms with van der Waals surface area (Å²) in [6, 6.07) is 5.08. The molecular formula is C16H24N4O8Pd. The quantitative estimate of drug-likeness (QED) is 0.379. The number of carbonyl (C=O) groups is 2. The molecule has 13 heteroatoms. The van der Waals surface area contributed by atoms with Gasteiger partial charge in [-0.2, -0.15) is 0 Å². The SMILES string of the molecule is C1CNCCN1.O.O.O.O.O=C([O-])c1ccnc(-c2cc(C(=O)[O-])ccn2)c1.[Pd+2]. The van der Waals surface area contributed by atoms with Gasteiger partial charge in [-0.3, -0.25) is 9.97 Å². The van der Waals surface area contributed by atoms with Gasteiger partial charge < -0.3 is 52.3 Å². The zero-order chi connectivity index (χ0) is 17.4. The number of carboxylic acid groups (broad SMARTS) is 2. The van der Waals surface area contributed by atoms with Crippen LogP contribution in [0.3, 0.4) is 0 Å². The summed E-state index contributed by atoms with van der Waals surface area (Å²) in [5.74, 6) is -2.68. The van der Waals surface area contributed by atoms with Gasteiger partial charge in [0.2, 0.25) is 0 Å². The summed E-state index contributed by atoms with van der Waals surface area (Å²) in [7, 11) is 0. The Balaban J connectivity index is -0.000000249. The van der Waals surface area contributed by atoms with E-state index in [0.29, 0.717) is 0 Å². The largest absolute Gasteiger partial charge is 2.00 e. The second-order valence-corrected chi connectivity index (χ2v) is 4.93. The van der Waals surface area contributed by atoms with Gasteiger partial charge in [-0.1, -0.05) is 0 Å². The van der Waals surface area contributed by atoms with Crippen molar-refractivity contribution in [3.63, 3.8) is 0 Å². The van der Waals surface area contributed by atoms with Crippen molar-refractivity contribution in [2.75, 3.05) is 26.2 Å². The number of hydrogen-bond acceptors (Lipinski definition) is 8. The van der Waals surface area contributed by atoms with Crippen LogP contribution in [-0.4, -0.2) is 70.0 Å². The second kappa shape index (κ2) is 17.7. The smallest absolute Gasteiger partial charge is 0.545 e. The van der Waals surface area contributed by atoms with Crippen LogP contribution < -0.4 is 20.8 Å². The average molecular weight is 507 g/mol. The van der Waals surface area contributed by atoms with Crippen molar-refractivity contribution in [3.8, 4) is 11.4 Å². The number of hydrogen-bond donors (Lipinski definition) is 2. The number of pyridine rings is 2. The summed E-state index contributed by atoms with van der Waals surface area (Å²) in [5.41, 5.74) is 0.390. The van der Waals surface area contributed by atoms with Gasteiger partial charge >= 0.3 is 20.4 Å². The number of carbonyl (C=O) groups excluding carboxylic acids is 2. The molecule has 1 saturated heterocycles. The van der Waals surface area contributed by atoms with Crippen molar-refractivity contribution >= 4 is 11.9 Å². The van der Waals surface area contributed by atoms with Crippen LogP contribution in [0, 0.1) is 0 Å². The Morgan fingerprint density at radius 2 is 1.03 bits per heavy atom. The molecule has 29 heavy (non-hydrogen) atoms. The number of carboxylic acids is 2. The molecule has 0 unspecified atom stereocenters. The van der Waals surface area contributed by atoms with Gasteiger partial charge in [0.05, 0.1) is 23.3 Å². The van der Waals surface area contributed by atoms with Crippen molar-refractivity contribution in [1.82, 2.24) is 20.6 Å². The first kappa shape index (κ1) is 34.2. The van der Waals surface area contributed by atoms with Gasteiger partial charge in [-0.15, -0.1) is 0 Å². The topological polar surface area (TPSA) is 256 Å². The Bertz CT molecular complexity index is 665. The van der Waals surface area contributed by atoms with Crippen molar-refractivity contribution in [2.24, 2.45) is 0 Å². The Morgan fingerprint density at radius 3 is 1.28 bits per heavy atom. The first-order valence-electron chi connectivity index (χ1n) is 7.34. The van der Waals surface area contributed by atoms with E-state index in [4.69, 9.17) is 0 Å². The number of aromatic carboxylic acids is 2. The molecule has 1 fully saturated rings. The molecule has 0 spiro atoms. The van der Waals surface area contributed by atoms with Crippen LogP contribution >= 0.6 is 0 Å². The standard InChI is InChI=1S/C12H8N2O4.C4H10N2.4H2O.Pd/c15-11(16)7-1-3-13-9(5-7)10-6-8(12(17)18)2-4-14-10;1-2-6-4-3-5-1;;;;;/h1-6H,(H,15,16)(H,17,18);5-6H,1-4H2;4*1H2;/q;;;;;;+2/p-2. The predicted octanol–water partition coefficient (Wildman–Crippen LogP) is -5.25. The summed E-state index contributed by atoms with van der Waals surface area (Å²) in [4.78, 5) is 29.2. The first-order valence-corrected chi connectivity index (χ1v) is 7.34. The van der Waals surface area contributed by atoms with E-state index in [2.05, 4.69) is 20.6 Å². The van der Waals surface area contributed by atoms with Gasteiger partial charge in [-0.05, 0) is 24.3 Å². The molecule has 0 bridgehead atoms. The number of nitrogens with one attached hydrogen (secondary N) is 2. The fourth-order valence-corrected chi connectivity index (χ4v) is 2.00. The van der Waals surface area contributed by atoms with E-state index in [9.17, 15) is 19.8 Å². The molecule has 10 N–H and O–H groups in total. The minimum absolute atomic E-state index is 0. The third-order valence-electron chi connectivity index (χ3n) is 3.21. The molecule has 1 aliphatic rings. The molecule has 0 aliphatic carbocycles. The Morgan fingerprint density at radius 1 is 0.724 bits per heavy atom. The molecule has 1 aliphatic heterocycles. The first-order chi connectivity index (χ1) is 11.6. The molecule has 166 valence electrons. The second-order valence-electron chi connectivity index (χ2n) is 4.93. The summed E-state index contributed by atoms with van der Waals surface area (Å²) in [5, 5.41) is 27.8. The van der Waals surface area contributed by atoms with Gasteiger partial charge in [-0.25, -0.2) is 0 Å². The molecule has 0 amide bonds. The van der Waals surface area contributed by atoms with Crippen molar-refractivity contribution in [2.45, 2.75) is 0 Å². The van der Waals surface area contributed by atoms with Crippen LogP contribution in [0.1, 0.15) is 20.7 Å². The van der Waals surface area contributed by atoms with Crippen LogP contribution in [0.15, 0.2) is 36.7 Å². The summed E-state index contributed by atoms with van der Waals surface area (Å²) >= 11 is 0. The summed E-state index contributed by atoms with van der Waals surface area (Å²) in [6.07, 6.45) is 2.57. The fraction of sp³-hybridized carbons (Fsp3) is 0.250. The third kappa shape index (κ3) is 11.3. The summed E-state index contributed by atoms with van der Waals surface area (Å²) in [6.45, 7) is 4.56. The van der Waals surface area contributed by atoms with Gasteiger partial charge in [0.15, 0.2) is 0 Å². The fourth-order valence-electron chi connectivity index (χ4n) is 2.00. The molecule has 0 aromatic carbocycles. The molecular weight excluding hydrogens is 483 g/mol. The number of piperazine rings is 1. The number of aromatic nitrogens is 2. The van der Waals surface area contributed by atoms with Crippen LogP contribution in [-0.2, 0) is 20.4 Å². The van der Waals surface area contributed by atoms with Crippen LogP contribution in [0.5, 0.6) is 0 Å². The monoisotopic (exact) mass is 506 g/mol. The van der Waals surface area contributed by atoms with Crippen molar-refractivity contribution < 1.29 is 62.1 Å². The van der Waals surface area contributed by atoms with E-state index in [1.54, 1.807) is 0 Å².